The molecule has 0 amide bonds. The maximum absolute atomic E-state index is 6.17. The maximum Gasteiger partial charge on any atom is 0.225 e. The number of hydrogen-bond donors (Lipinski definition) is 1. The number of hydrogen-bond acceptors (Lipinski definition) is 5. The Bertz CT molecular complexity index is 1100. The lowest BCUT2D eigenvalue weighted by molar-refractivity contribution is 0.398. The molecule has 4 aromatic heterocycles. The summed E-state index contributed by atoms with van der Waals surface area (Å²) >= 11 is 6.17. The molecule has 8 heteroatoms. The van der Waals surface area contributed by atoms with E-state index in [0.717, 1.165) is 42.5 Å². The van der Waals surface area contributed by atoms with E-state index in [2.05, 4.69) is 32.0 Å². The molecule has 1 fully saturated rings. The second-order valence-corrected chi connectivity index (χ2v) is 7.87. The van der Waals surface area contributed by atoms with E-state index in [1.165, 1.54) is 5.56 Å². The molecule has 5 rings (SSSR count). The van der Waals surface area contributed by atoms with Crippen LogP contribution in [0.15, 0.2) is 49.2 Å². The first kappa shape index (κ1) is 17.2. The van der Waals surface area contributed by atoms with Crippen LogP contribution in [0.3, 0.4) is 0 Å². The molecular formula is C20H20ClN7. The van der Waals surface area contributed by atoms with Gasteiger partial charge in [-0.15, -0.1) is 0 Å². The summed E-state index contributed by atoms with van der Waals surface area (Å²) in [7, 11) is 0. The van der Waals surface area contributed by atoms with E-state index in [4.69, 9.17) is 16.6 Å². The number of anilines is 1. The van der Waals surface area contributed by atoms with Crippen molar-refractivity contribution in [3.8, 4) is 11.4 Å². The molecule has 5 heterocycles. The second-order valence-electron chi connectivity index (χ2n) is 7.44. The summed E-state index contributed by atoms with van der Waals surface area (Å²) in [6, 6.07) is 5.65. The van der Waals surface area contributed by atoms with Crippen molar-refractivity contribution < 1.29 is 0 Å². The van der Waals surface area contributed by atoms with Gasteiger partial charge in [-0.05, 0) is 36.1 Å². The van der Waals surface area contributed by atoms with E-state index in [0.29, 0.717) is 16.9 Å². The average molecular weight is 394 g/mol. The Morgan fingerprint density at radius 1 is 1.14 bits per heavy atom. The highest BCUT2D eigenvalue weighted by Gasteiger charge is 2.28. The summed E-state index contributed by atoms with van der Waals surface area (Å²) in [5.74, 6) is 1.72. The number of aromatic amines is 1. The van der Waals surface area contributed by atoms with Gasteiger partial charge < -0.3 is 4.90 Å². The van der Waals surface area contributed by atoms with Gasteiger partial charge in [0.15, 0.2) is 0 Å². The molecule has 0 aromatic carbocycles. The second kappa shape index (κ2) is 6.91. The topological polar surface area (TPSA) is 75.0 Å². The van der Waals surface area contributed by atoms with Crippen molar-refractivity contribution in [3.63, 3.8) is 0 Å². The Morgan fingerprint density at radius 2 is 2.07 bits per heavy atom. The molecule has 0 bridgehead atoms. The van der Waals surface area contributed by atoms with E-state index in [1.807, 2.05) is 53.6 Å². The fourth-order valence-electron chi connectivity index (χ4n) is 4.03. The Morgan fingerprint density at radius 3 is 2.93 bits per heavy atom. The largest absolute Gasteiger partial charge is 0.340 e. The van der Waals surface area contributed by atoms with Crippen LogP contribution in [0.1, 0.15) is 24.8 Å². The Hall–Kier alpha value is -2.93. The van der Waals surface area contributed by atoms with Crippen LogP contribution in [0.25, 0.3) is 17.0 Å². The van der Waals surface area contributed by atoms with Crippen LogP contribution >= 0.6 is 11.6 Å². The number of piperidine rings is 1. The lowest BCUT2D eigenvalue weighted by atomic mass is 9.87. The van der Waals surface area contributed by atoms with Gasteiger partial charge >= 0.3 is 0 Å². The summed E-state index contributed by atoms with van der Waals surface area (Å²) in [5, 5.41) is 7.70. The lowest BCUT2D eigenvalue weighted by Gasteiger charge is -2.36. The normalized spacial score (nSPS) is 20.0. The summed E-state index contributed by atoms with van der Waals surface area (Å²) in [5.41, 5.74) is 3.81. The predicted molar refractivity (Wildman–Crippen MR) is 109 cm³/mol. The molecule has 0 unspecified atom stereocenters. The van der Waals surface area contributed by atoms with E-state index >= 15 is 0 Å². The minimum Gasteiger partial charge on any atom is -0.340 e. The van der Waals surface area contributed by atoms with Crippen molar-refractivity contribution in [2.75, 3.05) is 18.0 Å². The fraction of sp³-hybridized carbons (Fsp3) is 0.300. The third kappa shape index (κ3) is 3.11. The van der Waals surface area contributed by atoms with E-state index in [-0.39, 0.29) is 0 Å². The number of fused-ring (bicyclic) bond motifs is 1. The van der Waals surface area contributed by atoms with Crippen LogP contribution in [0.4, 0.5) is 5.95 Å². The number of pyridine rings is 1. The summed E-state index contributed by atoms with van der Waals surface area (Å²) in [4.78, 5) is 16.1. The molecule has 0 spiro atoms. The molecule has 4 aromatic rings. The molecule has 0 radical (unpaired) electrons. The Kier molecular flexibility index (Phi) is 4.24. The SMILES string of the molecule is C[C@@H]1C[C@@H](c2cn[nH]c2)CN(c2nccc(-c3cnc4ccc(Cl)cn34)n2)C1. The van der Waals surface area contributed by atoms with Gasteiger partial charge in [-0.25, -0.2) is 15.0 Å². The van der Waals surface area contributed by atoms with Crippen LogP contribution < -0.4 is 4.90 Å². The number of rotatable bonds is 3. The number of nitrogens with one attached hydrogen (secondary N) is 1. The number of imidazole rings is 1. The molecule has 7 nitrogen and oxygen atoms in total. The smallest absolute Gasteiger partial charge is 0.225 e. The highest BCUT2D eigenvalue weighted by Crippen LogP contribution is 2.32. The van der Waals surface area contributed by atoms with Crippen molar-refractivity contribution in [3.05, 3.63) is 59.8 Å². The molecule has 28 heavy (non-hydrogen) atoms. The van der Waals surface area contributed by atoms with E-state index in [1.54, 1.807) is 0 Å². The molecular weight excluding hydrogens is 374 g/mol. The minimum absolute atomic E-state index is 0.421. The first-order valence-corrected chi connectivity index (χ1v) is 9.75. The zero-order valence-corrected chi connectivity index (χ0v) is 16.2. The number of halogens is 1. The van der Waals surface area contributed by atoms with E-state index < -0.39 is 0 Å². The number of aromatic nitrogens is 6. The van der Waals surface area contributed by atoms with Gasteiger partial charge in [0.2, 0.25) is 5.95 Å². The lowest BCUT2D eigenvalue weighted by Crippen LogP contribution is -2.39. The first-order chi connectivity index (χ1) is 13.7. The number of H-pyrrole nitrogens is 1. The third-order valence-corrected chi connectivity index (χ3v) is 5.53. The van der Waals surface area contributed by atoms with Gasteiger partial charge in [-0.1, -0.05) is 18.5 Å². The van der Waals surface area contributed by atoms with Crippen molar-refractivity contribution >= 4 is 23.2 Å². The number of nitrogens with zero attached hydrogens (tertiary/aromatic N) is 6. The van der Waals surface area contributed by atoms with Crippen LogP contribution in [0.2, 0.25) is 5.02 Å². The van der Waals surface area contributed by atoms with Gasteiger partial charge in [0.05, 0.1) is 28.8 Å². The van der Waals surface area contributed by atoms with Crippen LogP contribution in [0.5, 0.6) is 0 Å². The van der Waals surface area contributed by atoms with Gasteiger partial charge in [-0.3, -0.25) is 9.50 Å². The van der Waals surface area contributed by atoms with Gasteiger partial charge in [0.25, 0.3) is 0 Å². The monoisotopic (exact) mass is 393 g/mol. The van der Waals surface area contributed by atoms with Crippen molar-refractivity contribution in [1.82, 2.24) is 29.5 Å². The van der Waals surface area contributed by atoms with Crippen LogP contribution in [-0.2, 0) is 0 Å². The molecule has 1 saturated heterocycles. The Labute approximate surface area is 167 Å². The minimum atomic E-state index is 0.421. The fourth-order valence-corrected chi connectivity index (χ4v) is 4.19. The van der Waals surface area contributed by atoms with Crippen LogP contribution in [0, 0.1) is 5.92 Å². The molecule has 1 aliphatic heterocycles. The average Bonchev–Trinajstić information content (AvgIpc) is 3.37. The molecule has 142 valence electrons. The van der Waals surface area contributed by atoms with Gasteiger partial charge in [0, 0.05) is 37.6 Å². The molecule has 1 N–H and O–H groups in total. The summed E-state index contributed by atoms with van der Waals surface area (Å²) < 4.78 is 1.96. The quantitative estimate of drug-likeness (QED) is 0.573. The van der Waals surface area contributed by atoms with Crippen molar-refractivity contribution in [1.29, 1.82) is 0 Å². The first-order valence-electron chi connectivity index (χ1n) is 9.37. The zero-order valence-electron chi connectivity index (χ0n) is 15.5. The highest BCUT2D eigenvalue weighted by molar-refractivity contribution is 6.30. The maximum atomic E-state index is 6.17. The van der Waals surface area contributed by atoms with Gasteiger partial charge in [-0.2, -0.15) is 5.10 Å². The molecule has 0 saturated carbocycles. The van der Waals surface area contributed by atoms with Crippen LogP contribution in [-0.4, -0.2) is 42.6 Å². The predicted octanol–water partition coefficient (Wildman–Crippen LogP) is 3.80. The third-order valence-electron chi connectivity index (χ3n) is 5.31. The Balaban J connectivity index is 1.49. The summed E-state index contributed by atoms with van der Waals surface area (Å²) in [6.07, 6.45) is 10.5. The standard InChI is InChI=1S/C20H20ClN7/c1-13-6-14(15-7-24-25-8-15)11-27(10-13)20-22-5-4-17(26-20)18-9-23-19-3-2-16(21)12-28(18)19/h2-5,7-9,12-14H,6,10-11H2,1H3,(H,24,25)/t13-,14-/m1/s1. The van der Waals surface area contributed by atoms with Crippen molar-refractivity contribution in [2.45, 2.75) is 19.3 Å². The summed E-state index contributed by atoms with van der Waals surface area (Å²) in [6.45, 7) is 4.10. The van der Waals surface area contributed by atoms with Crippen molar-refractivity contribution in [2.24, 2.45) is 5.92 Å². The van der Waals surface area contributed by atoms with E-state index in [9.17, 15) is 0 Å². The van der Waals surface area contributed by atoms with Gasteiger partial charge in [0.1, 0.15) is 5.65 Å². The molecule has 2 atom stereocenters. The molecule has 0 aliphatic carbocycles. The zero-order chi connectivity index (χ0) is 19.1. The molecule has 1 aliphatic rings. The highest BCUT2D eigenvalue weighted by atomic mass is 35.5.